The monoisotopic (exact) mass is 255 g/mol. The second-order valence-electron chi connectivity index (χ2n) is 4.04. The Bertz CT molecular complexity index is 464. The zero-order chi connectivity index (χ0) is 11.9. The maximum Gasteiger partial charge on any atom is 0.285 e. The molecule has 1 aliphatic rings. The largest absolute Gasteiger partial charge is 0.377 e. The Morgan fingerprint density at radius 1 is 1.56 bits per heavy atom. The van der Waals surface area contributed by atoms with Crippen molar-refractivity contribution in [2.24, 2.45) is 10.8 Å². The molecule has 0 spiro atoms. The van der Waals surface area contributed by atoms with Crippen LogP contribution in [0.3, 0.4) is 0 Å². The van der Waals surface area contributed by atoms with Gasteiger partial charge in [0.05, 0.1) is 4.88 Å². The summed E-state index contributed by atoms with van der Waals surface area (Å²) in [6.07, 6.45) is 0. The number of nitrogens with two attached hydrogens (primary N) is 1. The number of amides is 1. The molecule has 1 aromatic heterocycles. The number of carbonyl (C=O) groups excluding carboxylic acids is 1. The lowest BCUT2D eigenvalue weighted by Gasteiger charge is -2.26. The molecular weight excluding hydrogens is 242 g/mol. The number of hydrogen-bond donors (Lipinski definition) is 1. The lowest BCUT2D eigenvalue weighted by molar-refractivity contribution is 0.0696. The zero-order valence-electron chi connectivity index (χ0n) is 9.35. The number of amidine groups is 1. The van der Waals surface area contributed by atoms with E-state index in [1.807, 2.05) is 32.2 Å². The lowest BCUT2D eigenvalue weighted by Crippen LogP contribution is -2.38. The Morgan fingerprint density at radius 2 is 2.25 bits per heavy atom. The van der Waals surface area contributed by atoms with E-state index in [9.17, 15) is 4.79 Å². The molecule has 4 nitrogen and oxygen atoms in total. The quantitative estimate of drug-likeness (QED) is 0.837. The van der Waals surface area contributed by atoms with Gasteiger partial charge < -0.3 is 5.73 Å². The normalized spacial score (nSPS) is 18.7. The standard InChI is InChI=1S/C10H13N3OS2/c1-6-4-5-15-7(6)8(14)13-10(2,3)16-9(11)12-13/h4-5H,1-3H3,(H2,11,12). The summed E-state index contributed by atoms with van der Waals surface area (Å²) in [5, 5.41) is 7.90. The van der Waals surface area contributed by atoms with E-state index < -0.39 is 4.87 Å². The van der Waals surface area contributed by atoms with Gasteiger partial charge in [0.25, 0.3) is 5.91 Å². The van der Waals surface area contributed by atoms with Crippen LogP contribution in [0.15, 0.2) is 16.5 Å². The van der Waals surface area contributed by atoms with Crippen LogP contribution in [0.5, 0.6) is 0 Å². The Morgan fingerprint density at radius 3 is 2.69 bits per heavy atom. The summed E-state index contributed by atoms with van der Waals surface area (Å²) in [6.45, 7) is 5.79. The summed E-state index contributed by atoms with van der Waals surface area (Å²) < 4.78 is 0. The van der Waals surface area contributed by atoms with Crippen LogP contribution in [0.1, 0.15) is 29.1 Å². The van der Waals surface area contributed by atoms with Crippen LogP contribution >= 0.6 is 23.1 Å². The number of aryl methyl sites for hydroxylation is 1. The summed E-state index contributed by atoms with van der Waals surface area (Å²) in [6, 6.07) is 1.93. The van der Waals surface area contributed by atoms with E-state index in [1.165, 1.54) is 28.1 Å². The van der Waals surface area contributed by atoms with Crippen molar-refractivity contribution in [3.63, 3.8) is 0 Å². The second kappa shape index (κ2) is 3.78. The van der Waals surface area contributed by atoms with E-state index >= 15 is 0 Å². The molecule has 2 heterocycles. The maximum atomic E-state index is 12.3. The van der Waals surface area contributed by atoms with Crippen molar-refractivity contribution in [1.29, 1.82) is 0 Å². The molecule has 1 aromatic rings. The number of thiophene rings is 1. The molecule has 0 radical (unpaired) electrons. The van der Waals surface area contributed by atoms with E-state index in [0.717, 1.165) is 10.4 Å². The van der Waals surface area contributed by atoms with Crippen molar-refractivity contribution in [1.82, 2.24) is 5.01 Å². The Balaban J connectivity index is 2.33. The van der Waals surface area contributed by atoms with Crippen LogP contribution in [0.25, 0.3) is 0 Å². The van der Waals surface area contributed by atoms with Crippen molar-refractivity contribution in [3.05, 3.63) is 21.9 Å². The van der Waals surface area contributed by atoms with Gasteiger partial charge in [0, 0.05) is 0 Å². The van der Waals surface area contributed by atoms with Crippen LogP contribution in [0, 0.1) is 6.92 Å². The van der Waals surface area contributed by atoms with Gasteiger partial charge in [-0.2, -0.15) is 0 Å². The molecule has 16 heavy (non-hydrogen) atoms. The number of rotatable bonds is 1. The molecule has 6 heteroatoms. The molecule has 0 fully saturated rings. The molecule has 1 aliphatic heterocycles. The van der Waals surface area contributed by atoms with E-state index in [2.05, 4.69) is 5.10 Å². The molecule has 0 bridgehead atoms. The smallest absolute Gasteiger partial charge is 0.285 e. The van der Waals surface area contributed by atoms with Gasteiger partial charge >= 0.3 is 0 Å². The highest BCUT2D eigenvalue weighted by molar-refractivity contribution is 8.15. The topological polar surface area (TPSA) is 58.7 Å². The number of hydrazone groups is 1. The van der Waals surface area contributed by atoms with Crippen LogP contribution in [0.4, 0.5) is 0 Å². The van der Waals surface area contributed by atoms with E-state index in [4.69, 9.17) is 5.73 Å². The number of nitrogens with zero attached hydrogens (tertiary/aromatic N) is 2. The van der Waals surface area contributed by atoms with E-state index in [-0.39, 0.29) is 5.91 Å². The number of thioether (sulfide) groups is 1. The fourth-order valence-corrected chi connectivity index (χ4v) is 3.21. The Kier molecular flexibility index (Phi) is 2.71. The van der Waals surface area contributed by atoms with E-state index in [1.54, 1.807) is 0 Å². The lowest BCUT2D eigenvalue weighted by atomic mass is 10.2. The molecule has 2 rings (SSSR count). The molecule has 0 saturated heterocycles. The van der Waals surface area contributed by atoms with Crippen molar-refractivity contribution in [2.75, 3.05) is 0 Å². The molecule has 0 unspecified atom stereocenters. The highest BCUT2D eigenvalue weighted by Gasteiger charge is 2.39. The average Bonchev–Trinajstić information content (AvgIpc) is 2.68. The molecule has 0 atom stereocenters. The van der Waals surface area contributed by atoms with Gasteiger partial charge in [-0.15, -0.1) is 16.4 Å². The predicted molar refractivity (Wildman–Crippen MR) is 68.5 cm³/mol. The predicted octanol–water partition coefficient (Wildman–Crippen LogP) is 2.21. The van der Waals surface area contributed by atoms with Crippen molar-refractivity contribution >= 4 is 34.2 Å². The summed E-state index contributed by atoms with van der Waals surface area (Å²) >= 11 is 2.84. The van der Waals surface area contributed by atoms with Crippen LogP contribution in [0.2, 0.25) is 0 Å². The van der Waals surface area contributed by atoms with Crippen LogP contribution in [-0.4, -0.2) is 21.0 Å². The van der Waals surface area contributed by atoms with Gasteiger partial charge in [0.15, 0.2) is 5.17 Å². The first-order chi connectivity index (χ1) is 7.42. The summed E-state index contributed by atoms with van der Waals surface area (Å²) in [4.78, 5) is 12.6. The highest BCUT2D eigenvalue weighted by atomic mass is 32.2. The van der Waals surface area contributed by atoms with Gasteiger partial charge in [-0.1, -0.05) is 11.8 Å². The fourth-order valence-electron chi connectivity index (χ4n) is 1.52. The van der Waals surface area contributed by atoms with Gasteiger partial charge in [-0.05, 0) is 37.8 Å². The maximum absolute atomic E-state index is 12.3. The molecule has 1 amide bonds. The zero-order valence-corrected chi connectivity index (χ0v) is 11.0. The first kappa shape index (κ1) is 11.5. The first-order valence-corrected chi connectivity index (χ1v) is 6.53. The molecule has 0 aromatic carbocycles. The third-order valence-electron chi connectivity index (χ3n) is 2.31. The molecule has 0 saturated carbocycles. The average molecular weight is 255 g/mol. The molecule has 2 N–H and O–H groups in total. The van der Waals surface area contributed by atoms with Gasteiger partial charge in [-0.25, -0.2) is 5.01 Å². The van der Waals surface area contributed by atoms with Crippen molar-refractivity contribution in [2.45, 2.75) is 25.6 Å². The first-order valence-electron chi connectivity index (χ1n) is 4.83. The number of carbonyl (C=O) groups is 1. The SMILES string of the molecule is Cc1ccsc1C(=O)N1N=C(N)SC1(C)C. The Labute approximate surface area is 103 Å². The van der Waals surface area contributed by atoms with Gasteiger partial charge in [0.2, 0.25) is 0 Å². The Hall–Kier alpha value is -1.01. The van der Waals surface area contributed by atoms with Gasteiger partial charge in [-0.3, -0.25) is 4.79 Å². The van der Waals surface area contributed by atoms with Crippen molar-refractivity contribution in [3.8, 4) is 0 Å². The van der Waals surface area contributed by atoms with Crippen molar-refractivity contribution < 1.29 is 4.79 Å². The highest BCUT2D eigenvalue weighted by Crippen LogP contribution is 2.36. The third-order valence-corrected chi connectivity index (χ3v) is 4.28. The minimum Gasteiger partial charge on any atom is -0.377 e. The molecule has 86 valence electrons. The summed E-state index contributed by atoms with van der Waals surface area (Å²) in [7, 11) is 0. The van der Waals surface area contributed by atoms with E-state index in [0.29, 0.717) is 5.17 Å². The van der Waals surface area contributed by atoms with Crippen LogP contribution in [-0.2, 0) is 0 Å². The third kappa shape index (κ3) is 1.82. The second-order valence-corrected chi connectivity index (χ2v) is 6.57. The minimum atomic E-state index is -0.405. The molecular formula is C10H13N3OS2. The fraction of sp³-hybridized carbons (Fsp3) is 0.400. The summed E-state index contributed by atoms with van der Waals surface area (Å²) in [5.41, 5.74) is 6.64. The van der Waals surface area contributed by atoms with Crippen LogP contribution < -0.4 is 5.73 Å². The molecule has 0 aliphatic carbocycles. The summed E-state index contributed by atoms with van der Waals surface area (Å²) in [5.74, 6) is -0.0783. The number of hydrogen-bond acceptors (Lipinski definition) is 5. The van der Waals surface area contributed by atoms with Gasteiger partial charge in [0.1, 0.15) is 4.87 Å². The minimum absolute atomic E-state index is 0.0783.